The van der Waals surface area contributed by atoms with Crippen LogP contribution in [0.4, 0.5) is 17.1 Å². The normalized spacial score (nSPS) is 13.3. The molecular weight excluding hydrogens is 430 g/mol. The van der Waals surface area contributed by atoms with E-state index in [1.54, 1.807) is 6.07 Å². The first-order valence-electron chi connectivity index (χ1n) is 11.8. The smallest absolute Gasteiger partial charge is 0.335 e. The Morgan fingerprint density at radius 3 is 1.97 bits per heavy atom. The van der Waals surface area contributed by atoms with Crippen molar-refractivity contribution in [1.82, 2.24) is 0 Å². The number of carboxylic acids is 1. The van der Waals surface area contributed by atoms with Crippen LogP contribution < -0.4 is 4.90 Å². The largest absolute Gasteiger partial charge is 0.478 e. The molecule has 3 heteroatoms. The maximum Gasteiger partial charge on any atom is 0.335 e. The zero-order valence-corrected chi connectivity index (χ0v) is 19.7. The zero-order chi connectivity index (χ0) is 24.2. The molecule has 0 radical (unpaired) electrons. The topological polar surface area (TPSA) is 40.5 Å². The van der Waals surface area contributed by atoms with E-state index in [2.05, 4.69) is 104 Å². The summed E-state index contributed by atoms with van der Waals surface area (Å²) in [6.45, 7) is 4.35. The van der Waals surface area contributed by atoms with E-state index in [1.165, 1.54) is 16.3 Å². The van der Waals surface area contributed by atoms with E-state index in [0.717, 1.165) is 33.8 Å². The minimum atomic E-state index is -0.896. The Balaban J connectivity index is 1.53. The van der Waals surface area contributed by atoms with E-state index in [4.69, 9.17) is 0 Å². The van der Waals surface area contributed by atoms with Crippen molar-refractivity contribution in [3.8, 4) is 11.1 Å². The summed E-state index contributed by atoms with van der Waals surface area (Å²) in [4.78, 5) is 13.9. The summed E-state index contributed by atoms with van der Waals surface area (Å²) in [5, 5.41) is 11.9. The highest BCUT2D eigenvalue weighted by atomic mass is 16.4. The van der Waals surface area contributed by atoms with Gasteiger partial charge in [0.15, 0.2) is 0 Å². The fourth-order valence-electron chi connectivity index (χ4n) is 5.34. The minimum Gasteiger partial charge on any atom is -0.478 e. The average Bonchev–Trinajstić information content (AvgIpc) is 3.11. The van der Waals surface area contributed by atoms with Gasteiger partial charge in [-0.25, -0.2) is 4.79 Å². The summed E-state index contributed by atoms with van der Waals surface area (Å²) < 4.78 is 0. The first-order valence-corrected chi connectivity index (χ1v) is 11.8. The van der Waals surface area contributed by atoms with Gasteiger partial charge in [0.25, 0.3) is 0 Å². The summed E-state index contributed by atoms with van der Waals surface area (Å²) in [5.74, 6) is -0.896. The molecule has 0 unspecified atom stereocenters. The molecule has 0 heterocycles. The van der Waals surface area contributed by atoms with Gasteiger partial charge in [0, 0.05) is 22.5 Å². The lowest BCUT2D eigenvalue weighted by Crippen LogP contribution is -2.17. The fraction of sp³-hybridized carbons (Fsp3) is 0.0938. The number of anilines is 3. The molecule has 1 aliphatic carbocycles. The van der Waals surface area contributed by atoms with Crippen LogP contribution in [0.1, 0.15) is 35.3 Å². The number of hydrogen-bond donors (Lipinski definition) is 1. The third kappa shape index (κ3) is 3.39. The summed E-state index contributed by atoms with van der Waals surface area (Å²) in [6.07, 6.45) is 0. The quantitative estimate of drug-likeness (QED) is 0.296. The highest BCUT2D eigenvalue weighted by Gasteiger charge is 2.36. The van der Waals surface area contributed by atoms with E-state index < -0.39 is 5.97 Å². The van der Waals surface area contributed by atoms with Crippen molar-refractivity contribution in [3.05, 3.63) is 126 Å². The van der Waals surface area contributed by atoms with Gasteiger partial charge in [0.05, 0.1) is 5.56 Å². The second kappa shape index (κ2) is 7.85. The molecule has 0 saturated carbocycles. The molecule has 0 aliphatic heterocycles. The van der Waals surface area contributed by atoms with Gasteiger partial charge >= 0.3 is 5.97 Å². The number of carboxylic acid groups (broad SMARTS) is 1. The average molecular weight is 456 g/mol. The monoisotopic (exact) mass is 455 g/mol. The fourth-order valence-corrected chi connectivity index (χ4v) is 5.34. The molecule has 0 fully saturated rings. The molecule has 5 aromatic carbocycles. The lowest BCUT2D eigenvalue weighted by molar-refractivity contribution is 0.0696. The Morgan fingerprint density at radius 1 is 0.629 bits per heavy atom. The standard InChI is InChI=1S/C32H25NO2/c1-32(2)29-19-23(31(34)35)13-16-27(29)28-17-15-26(20-30(28)32)33(24-10-4-3-5-11-24)25-14-12-21-8-6-7-9-22(21)18-25/h3-20H,1-2H3,(H,34,35). The van der Waals surface area contributed by atoms with Crippen LogP contribution in [0.15, 0.2) is 109 Å². The van der Waals surface area contributed by atoms with Crippen LogP contribution in [0.3, 0.4) is 0 Å². The third-order valence-corrected chi connectivity index (χ3v) is 7.17. The first-order chi connectivity index (χ1) is 16.9. The van der Waals surface area contributed by atoms with Crippen LogP contribution in [0, 0.1) is 0 Å². The van der Waals surface area contributed by atoms with Gasteiger partial charge in [-0.05, 0) is 81.6 Å². The highest BCUT2D eigenvalue weighted by molar-refractivity contribution is 5.93. The summed E-state index contributed by atoms with van der Waals surface area (Å²) >= 11 is 0. The molecule has 0 saturated heterocycles. The van der Waals surface area contributed by atoms with Gasteiger partial charge in [-0.15, -0.1) is 0 Å². The van der Waals surface area contributed by atoms with Crippen molar-refractivity contribution in [2.75, 3.05) is 4.90 Å². The molecule has 0 aromatic heterocycles. The number of hydrogen-bond acceptors (Lipinski definition) is 2. The summed E-state index contributed by atoms with van der Waals surface area (Å²) in [6, 6.07) is 37.5. The summed E-state index contributed by atoms with van der Waals surface area (Å²) in [5.41, 5.74) is 7.81. The molecule has 5 aromatic rings. The van der Waals surface area contributed by atoms with Crippen molar-refractivity contribution in [3.63, 3.8) is 0 Å². The van der Waals surface area contributed by atoms with E-state index in [0.29, 0.717) is 5.56 Å². The van der Waals surface area contributed by atoms with Gasteiger partial charge in [0.1, 0.15) is 0 Å². The molecule has 1 N–H and O–H groups in total. The maximum atomic E-state index is 11.6. The van der Waals surface area contributed by atoms with Gasteiger partial charge in [0.2, 0.25) is 0 Å². The van der Waals surface area contributed by atoms with Crippen molar-refractivity contribution >= 4 is 33.8 Å². The Hall–Kier alpha value is -4.37. The minimum absolute atomic E-state index is 0.308. The van der Waals surface area contributed by atoms with Gasteiger partial charge in [-0.3, -0.25) is 0 Å². The lowest BCUT2D eigenvalue weighted by atomic mass is 9.81. The second-order valence-corrected chi connectivity index (χ2v) is 9.62. The Labute approximate surface area is 204 Å². The van der Waals surface area contributed by atoms with Crippen molar-refractivity contribution in [2.45, 2.75) is 19.3 Å². The van der Waals surface area contributed by atoms with Gasteiger partial charge in [-0.1, -0.05) is 74.5 Å². The predicted molar refractivity (Wildman–Crippen MR) is 143 cm³/mol. The number of carbonyl (C=O) groups is 1. The second-order valence-electron chi connectivity index (χ2n) is 9.62. The molecule has 35 heavy (non-hydrogen) atoms. The van der Waals surface area contributed by atoms with Crippen molar-refractivity contribution < 1.29 is 9.90 Å². The maximum absolute atomic E-state index is 11.6. The highest BCUT2D eigenvalue weighted by Crippen LogP contribution is 2.51. The van der Waals surface area contributed by atoms with Crippen LogP contribution >= 0.6 is 0 Å². The molecule has 0 atom stereocenters. The molecule has 0 spiro atoms. The van der Waals surface area contributed by atoms with Crippen LogP contribution in [-0.2, 0) is 5.41 Å². The molecule has 0 amide bonds. The number of aromatic carboxylic acids is 1. The number of rotatable bonds is 4. The molecular formula is C32H25NO2. The van der Waals surface area contributed by atoms with E-state index in [9.17, 15) is 9.90 Å². The Bertz CT molecular complexity index is 1600. The third-order valence-electron chi connectivity index (χ3n) is 7.17. The van der Waals surface area contributed by atoms with Crippen LogP contribution in [0.25, 0.3) is 21.9 Å². The van der Waals surface area contributed by atoms with E-state index >= 15 is 0 Å². The van der Waals surface area contributed by atoms with E-state index in [1.807, 2.05) is 18.2 Å². The SMILES string of the molecule is CC1(C)c2cc(C(=O)O)ccc2-c2ccc(N(c3ccccc3)c3ccc4ccccc4c3)cc21. The predicted octanol–water partition coefficient (Wildman–Crippen LogP) is 8.31. The Kier molecular flexibility index (Phi) is 4.75. The lowest BCUT2D eigenvalue weighted by Gasteiger charge is -2.28. The van der Waals surface area contributed by atoms with E-state index in [-0.39, 0.29) is 5.41 Å². The number of nitrogens with zero attached hydrogens (tertiary/aromatic N) is 1. The molecule has 3 nitrogen and oxygen atoms in total. The van der Waals surface area contributed by atoms with Crippen LogP contribution in [0.2, 0.25) is 0 Å². The number of benzene rings is 5. The molecule has 170 valence electrons. The van der Waals surface area contributed by atoms with Crippen LogP contribution in [-0.4, -0.2) is 11.1 Å². The number of fused-ring (bicyclic) bond motifs is 4. The van der Waals surface area contributed by atoms with Gasteiger partial charge in [-0.2, -0.15) is 0 Å². The van der Waals surface area contributed by atoms with Gasteiger partial charge < -0.3 is 10.0 Å². The molecule has 0 bridgehead atoms. The zero-order valence-electron chi connectivity index (χ0n) is 19.7. The molecule has 1 aliphatic rings. The van der Waals surface area contributed by atoms with Crippen molar-refractivity contribution in [2.24, 2.45) is 0 Å². The Morgan fingerprint density at radius 2 is 1.23 bits per heavy atom. The van der Waals surface area contributed by atoms with Crippen LogP contribution in [0.5, 0.6) is 0 Å². The molecule has 6 rings (SSSR count). The van der Waals surface area contributed by atoms with Crippen molar-refractivity contribution in [1.29, 1.82) is 0 Å². The summed E-state index contributed by atoms with van der Waals surface area (Å²) in [7, 11) is 0. The first kappa shape index (κ1) is 21.2. The number of para-hydroxylation sites is 1.